The summed E-state index contributed by atoms with van der Waals surface area (Å²) in [7, 11) is 3.90. The van der Waals surface area contributed by atoms with E-state index in [1.165, 1.54) is 10.9 Å². The van der Waals surface area contributed by atoms with E-state index in [0.29, 0.717) is 0 Å². The van der Waals surface area contributed by atoms with Gasteiger partial charge < -0.3 is 13.9 Å². The summed E-state index contributed by atoms with van der Waals surface area (Å²) >= 11 is 0. The van der Waals surface area contributed by atoms with Crippen molar-refractivity contribution in [3.8, 4) is 5.75 Å². The second-order valence-electron chi connectivity index (χ2n) is 7.12. The topological polar surface area (TPSA) is 39.4 Å². The third kappa shape index (κ3) is 3.27. The summed E-state index contributed by atoms with van der Waals surface area (Å²) in [4.78, 5) is 14.2. The van der Waals surface area contributed by atoms with Crippen LogP contribution in [0.5, 0.6) is 5.75 Å². The lowest BCUT2D eigenvalue weighted by molar-refractivity contribution is 0.0966. The van der Waals surface area contributed by atoms with E-state index in [1.807, 2.05) is 19.2 Å². The predicted octanol–water partition coefficient (Wildman–Crippen LogP) is 2.92. The van der Waals surface area contributed by atoms with Crippen LogP contribution in [-0.2, 0) is 20.6 Å². The lowest BCUT2D eigenvalue weighted by atomic mass is 10.1. The van der Waals surface area contributed by atoms with Gasteiger partial charge in [-0.2, -0.15) is 0 Å². The van der Waals surface area contributed by atoms with Gasteiger partial charge in [0, 0.05) is 57.1 Å². The molecule has 0 aliphatic carbocycles. The highest BCUT2D eigenvalue weighted by atomic mass is 16.5. The molecule has 0 amide bonds. The first-order valence-corrected chi connectivity index (χ1v) is 9.20. The van der Waals surface area contributed by atoms with E-state index in [9.17, 15) is 4.79 Å². The molecule has 1 fully saturated rings. The number of piperidine rings is 1. The second-order valence-corrected chi connectivity index (χ2v) is 7.12. The average molecular weight is 351 g/mol. The molecular weight excluding hydrogens is 326 g/mol. The molecule has 0 atom stereocenters. The fourth-order valence-corrected chi connectivity index (χ4v) is 3.74. The third-order valence-electron chi connectivity index (χ3n) is 5.39. The fraction of sp³-hybridized carbons (Fsp3) is 0.381. The van der Waals surface area contributed by atoms with E-state index in [2.05, 4.69) is 47.0 Å². The lowest BCUT2D eigenvalue weighted by Gasteiger charge is -2.32. The maximum atomic E-state index is 11.8. The van der Waals surface area contributed by atoms with Crippen molar-refractivity contribution in [1.82, 2.24) is 14.0 Å². The number of rotatable bonds is 4. The maximum Gasteiger partial charge on any atom is 0.250 e. The molecule has 26 heavy (non-hydrogen) atoms. The van der Waals surface area contributed by atoms with Crippen molar-refractivity contribution in [3.05, 3.63) is 64.7 Å². The summed E-state index contributed by atoms with van der Waals surface area (Å²) in [6, 6.07) is 13.8. The zero-order valence-electron chi connectivity index (χ0n) is 15.4. The number of fused-ring (bicyclic) bond motifs is 1. The van der Waals surface area contributed by atoms with Gasteiger partial charge in [-0.25, -0.2) is 0 Å². The highest BCUT2D eigenvalue weighted by Crippen LogP contribution is 2.28. The molecule has 4 rings (SSSR count). The van der Waals surface area contributed by atoms with Crippen LogP contribution in [0.4, 0.5) is 0 Å². The van der Waals surface area contributed by atoms with Gasteiger partial charge >= 0.3 is 0 Å². The van der Waals surface area contributed by atoms with Gasteiger partial charge in [0.1, 0.15) is 11.9 Å². The Hall–Kier alpha value is -2.53. The van der Waals surface area contributed by atoms with Crippen molar-refractivity contribution in [2.24, 2.45) is 14.1 Å². The van der Waals surface area contributed by atoms with E-state index in [4.69, 9.17) is 4.74 Å². The van der Waals surface area contributed by atoms with Crippen molar-refractivity contribution in [2.45, 2.75) is 25.5 Å². The minimum absolute atomic E-state index is 0.0525. The predicted molar refractivity (Wildman–Crippen MR) is 104 cm³/mol. The molecule has 0 spiro atoms. The Kier molecular flexibility index (Phi) is 4.55. The van der Waals surface area contributed by atoms with Gasteiger partial charge in [0.2, 0.25) is 5.56 Å². The molecule has 0 N–H and O–H groups in total. The normalized spacial score (nSPS) is 16.2. The van der Waals surface area contributed by atoms with Crippen LogP contribution in [0.15, 0.2) is 53.5 Å². The Balaban J connectivity index is 1.39. The van der Waals surface area contributed by atoms with E-state index < -0.39 is 0 Å². The number of hydrogen-bond acceptors (Lipinski definition) is 3. The highest BCUT2D eigenvalue weighted by Gasteiger charge is 2.22. The summed E-state index contributed by atoms with van der Waals surface area (Å²) < 4.78 is 10.2. The molecule has 0 bridgehead atoms. The SMILES string of the molecule is Cn1c(CN2CCC(Oc3cccc4c3ccn4C)CC2)cccc1=O. The minimum atomic E-state index is 0.0525. The van der Waals surface area contributed by atoms with E-state index in [1.54, 1.807) is 10.6 Å². The Morgan fingerprint density at radius 1 is 1.04 bits per heavy atom. The third-order valence-corrected chi connectivity index (χ3v) is 5.39. The standard InChI is InChI=1S/C21H25N3O2/c1-22-12-11-18-19(22)6-4-7-20(18)26-17-9-13-24(14-10-17)15-16-5-3-8-21(25)23(16)2/h3-8,11-12,17H,9-10,13-15H2,1-2H3. The van der Waals surface area contributed by atoms with Crippen LogP contribution in [0, 0.1) is 0 Å². The number of ether oxygens (including phenoxy) is 1. The molecule has 0 unspecified atom stereocenters. The molecule has 3 aromatic rings. The largest absolute Gasteiger partial charge is 0.490 e. The molecule has 3 heterocycles. The van der Waals surface area contributed by atoms with Crippen molar-refractivity contribution in [3.63, 3.8) is 0 Å². The lowest BCUT2D eigenvalue weighted by Crippen LogP contribution is -2.38. The number of aryl methyl sites for hydroxylation is 1. The molecule has 1 aliphatic rings. The zero-order valence-corrected chi connectivity index (χ0v) is 15.4. The van der Waals surface area contributed by atoms with E-state index >= 15 is 0 Å². The number of likely N-dealkylation sites (tertiary alicyclic amines) is 1. The summed E-state index contributed by atoms with van der Waals surface area (Å²) in [5.74, 6) is 0.979. The number of aromatic nitrogens is 2. The summed E-state index contributed by atoms with van der Waals surface area (Å²) in [5.41, 5.74) is 2.31. The molecular formula is C21H25N3O2. The molecule has 0 radical (unpaired) electrons. The van der Waals surface area contributed by atoms with Crippen molar-refractivity contribution in [2.75, 3.05) is 13.1 Å². The fourth-order valence-electron chi connectivity index (χ4n) is 3.74. The van der Waals surface area contributed by atoms with Gasteiger partial charge in [0.05, 0.1) is 5.52 Å². The number of nitrogens with zero attached hydrogens (tertiary/aromatic N) is 3. The number of pyridine rings is 1. The van der Waals surface area contributed by atoms with Crippen LogP contribution < -0.4 is 10.3 Å². The summed E-state index contributed by atoms with van der Waals surface area (Å²) in [6.45, 7) is 2.78. The smallest absolute Gasteiger partial charge is 0.250 e. The van der Waals surface area contributed by atoms with E-state index in [-0.39, 0.29) is 11.7 Å². The monoisotopic (exact) mass is 351 g/mol. The Morgan fingerprint density at radius 2 is 1.81 bits per heavy atom. The van der Waals surface area contributed by atoms with Gasteiger partial charge in [-0.05, 0) is 37.1 Å². The van der Waals surface area contributed by atoms with Crippen LogP contribution in [0.3, 0.4) is 0 Å². The first-order chi connectivity index (χ1) is 12.6. The molecule has 5 heteroatoms. The average Bonchev–Trinajstić information content (AvgIpc) is 3.03. The summed E-state index contributed by atoms with van der Waals surface area (Å²) in [5, 5.41) is 1.18. The highest BCUT2D eigenvalue weighted by molar-refractivity contribution is 5.86. The van der Waals surface area contributed by atoms with Crippen molar-refractivity contribution >= 4 is 10.9 Å². The van der Waals surface area contributed by atoms with E-state index in [0.717, 1.165) is 43.9 Å². The summed E-state index contributed by atoms with van der Waals surface area (Å²) in [6.07, 6.45) is 4.33. The first kappa shape index (κ1) is 16.9. The minimum Gasteiger partial charge on any atom is -0.490 e. The zero-order chi connectivity index (χ0) is 18.1. The van der Waals surface area contributed by atoms with Gasteiger partial charge in [0.15, 0.2) is 0 Å². The van der Waals surface area contributed by atoms with Crippen molar-refractivity contribution < 1.29 is 4.74 Å². The molecule has 1 saturated heterocycles. The quantitative estimate of drug-likeness (QED) is 0.726. The molecule has 0 saturated carbocycles. The van der Waals surface area contributed by atoms with Crippen LogP contribution >= 0.6 is 0 Å². The van der Waals surface area contributed by atoms with Gasteiger partial charge in [0.25, 0.3) is 0 Å². The maximum absolute atomic E-state index is 11.8. The van der Waals surface area contributed by atoms with Gasteiger partial charge in [-0.1, -0.05) is 12.1 Å². The van der Waals surface area contributed by atoms with Crippen LogP contribution in [0.25, 0.3) is 10.9 Å². The Bertz CT molecular complexity index is 965. The molecule has 136 valence electrons. The number of benzene rings is 1. The molecule has 5 nitrogen and oxygen atoms in total. The first-order valence-electron chi connectivity index (χ1n) is 9.20. The molecule has 1 aliphatic heterocycles. The van der Waals surface area contributed by atoms with Crippen LogP contribution in [-0.4, -0.2) is 33.2 Å². The van der Waals surface area contributed by atoms with Crippen molar-refractivity contribution in [1.29, 1.82) is 0 Å². The Labute approximate surface area is 153 Å². The second kappa shape index (κ2) is 7.00. The Morgan fingerprint density at radius 3 is 2.62 bits per heavy atom. The van der Waals surface area contributed by atoms with Crippen LogP contribution in [0.2, 0.25) is 0 Å². The van der Waals surface area contributed by atoms with Gasteiger partial charge in [-0.3, -0.25) is 9.69 Å². The van der Waals surface area contributed by atoms with Gasteiger partial charge in [-0.15, -0.1) is 0 Å². The number of hydrogen-bond donors (Lipinski definition) is 0. The van der Waals surface area contributed by atoms with Crippen LogP contribution in [0.1, 0.15) is 18.5 Å². The molecule has 2 aromatic heterocycles. The molecule has 1 aromatic carbocycles.